The van der Waals surface area contributed by atoms with E-state index in [1.165, 1.54) is 19.3 Å². The highest BCUT2D eigenvalue weighted by molar-refractivity contribution is 5.89. The third-order valence-electron chi connectivity index (χ3n) is 5.33. The van der Waals surface area contributed by atoms with Crippen LogP contribution in [-0.4, -0.2) is 99.5 Å². The Balaban J connectivity index is 1.85. The van der Waals surface area contributed by atoms with Gasteiger partial charge in [-0.15, -0.1) is 0 Å². The van der Waals surface area contributed by atoms with Gasteiger partial charge in [0.05, 0.1) is 38.1 Å². The summed E-state index contributed by atoms with van der Waals surface area (Å²) in [5, 5.41) is 59.5. The number of fused-ring (bicyclic) bond motifs is 1. The van der Waals surface area contributed by atoms with E-state index in [-0.39, 0.29) is 5.57 Å². The minimum Gasteiger partial charge on any atom is -0.471 e. The fraction of sp³-hybridized carbons (Fsp3) is 0.706. The molecule has 3 aliphatic rings. The molecule has 1 aliphatic carbocycles. The number of hydrogen-bond donors (Lipinski definition) is 6. The van der Waals surface area contributed by atoms with Gasteiger partial charge in [0.25, 0.3) is 0 Å². The zero-order chi connectivity index (χ0) is 20.6. The molecule has 9 atom stereocenters. The maximum atomic E-state index is 12.0. The molecule has 0 amide bonds. The number of hydrogen-bond acceptors (Lipinski definition) is 11. The van der Waals surface area contributed by atoms with Gasteiger partial charge in [-0.05, 0) is 0 Å². The summed E-state index contributed by atoms with van der Waals surface area (Å²) < 4.78 is 21.0. The van der Waals surface area contributed by atoms with Crippen LogP contribution in [0.25, 0.3) is 0 Å². The number of aliphatic hydroxyl groups excluding tert-OH is 5. The van der Waals surface area contributed by atoms with Crippen LogP contribution in [0, 0.1) is 11.8 Å². The number of carbonyl (C=O) groups excluding carboxylic acids is 1. The van der Waals surface area contributed by atoms with Crippen molar-refractivity contribution < 1.29 is 54.4 Å². The van der Waals surface area contributed by atoms with Gasteiger partial charge >= 0.3 is 5.97 Å². The fourth-order valence-electron chi connectivity index (χ4n) is 3.71. The minimum atomic E-state index is -1.79. The highest BCUT2D eigenvalue weighted by atomic mass is 16.8. The highest BCUT2D eigenvalue weighted by Gasteiger charge is 2.55. The average Bonchev–Trinajstić information content (AvgIpc) is 3.06. The third-order valence-corrected chi connectivity index (χ3v) is 5.33. The first-order valence-electron chi connectivity index (χ1n) is 8.69. The lowest BCUT2D eigenvalue weighted by Crippen LogP contribution is -2.61. The molecule has 11 nitrogen and oxygen atoms in total. The van der Waals surface area contributed by atoms with Crippen molar-refractivity contribution in [2.75, 3.05) is 20.3 Å². The molecular weight excluding hydrogens is 380 g/mol. The Morgan fingerprint density at radius 2 is 1.89 bits per heavy atom. The van der Waals surface area contributed by atoms with E-state index in [2.05, 4.69) is 0 Å². The molecule has 0 spiro atoms. The second kappa shape index (κ2) is 8.05. The summed E-state index contributed by atoms with van der Waals surface area (Å²) >= 11 is 0. The van der Waals surface area contributed by atoms with Gasteiger partial charge < -0.3 is 49.6 Å². The van der Waals surface area contributed by atoms with E-state index in [1.54, 1.807) is 0 Å². The third kappa shape index (κ3) is 3.44. The quantitative estimate of drug-likeness (QED) is 0.200. The van der Waals surface area contributed by atoms with Gasteiger partial charge in [-0.2, -0.15) is 0 Å². The maximum Gasteiger partial charge on any atom is 0.337 e. The van der Waals surface area contributed by atoms with E-state index in [1.807, 2.05) is 0 Å². The van der Waals surface area contributed by atoms with Gasteiger partial charge in [-0.3, -0.25) is 0 Å². The van der Waals surface area contributed by atoms with E-state index >= 15 is 0 Å². The Kier molecular flexibility index (Phi) is 6.08. The summed E-state index contributed by atoms with van der Waals surface area (Å²) in [5.41, 5.74) is -1.70. The number of esters is 1. The average molecular weight is 404 g/mol. The van der Waals surface area contributed by atoms with Crippen LogP contribution in [0.4, 0.5) is 0 Å². The van der Waals surface area contributed by atoms with E-state index < -0.39 is 73.6 Å². The van der Waals surface area contributed by atoms with E-state index in [0.29, 0.717) is 0 Å². The van der Waals surface area contributed by atoms with Crippen molar-refractivity contribution in [3.05, 3.63) is 24.0 Å². The number of methoxy groups -OCH3 is 1. The molecule has 3 rings (SSSR count). The van der Waals surface area contributed by atoms with Gasteiger partial charge in [-0.25, -0.2) is 4.79 Å². The topological polar surface area (TPSA) is 175 Å². The van der Waals surface area contributed by atoms with Crippen molar-refractivity contribution in [2.24, 2.45) is 11.8 Å². The van der Waals surface area contributed by atoms with Crippen LogP contribution in [0.5, 0.6) is 0 Å². The number of rotatable bonds is 5. The predicted octanol–water partition coefficient (Wildman–Crippen LogP) is -3.26. The van der Waals surface area contributed by atoms with Crippen LogP contribution in [0.3, 0.4) is 0 Å². The predicted molar refractivity (Wildman–Crippen MR) is 88.0 cm³/mol. The lowest BCUT2D eigenvalue weighted by atomic mass is 9.79. The van der Waals surface area contributed by atoms with Crippen molar-refractivity contribution in [1.82, 2.24) is 0 Å². The molecule has 11 heteroatoms. The smallest absolute Gasteiger partial charge is 0.337 e. The van der Waals surface area contributed by atoms with Crippen LogP contribution in [0.1, 0.15) is 0 Å². The van der Waals surface area contributed by atoms with Gasteiger partial charge in [0.1, 0.15) is 30.0 Å². The number of carbonyl (C=O) groups is 1. The fourth-order valence-corrected chi connectivity index (χ4v) is 3.71. The number of ether oxygens (including phenoxy) is 4. The van der Waals surface area contributed by atoms with E-state index in [4.69, 9.17) is 18.9 Å². The van der Waals surface area contributed by atoms with Gasteiger partial charge in [-0.1, -0.05) is 12.2 Å². The largest absolute Gasteiger partial charge is 0.471 e. The first-order valence-corrected chi connectivity index (χ1v) is 8.69. The molecule has 0 aromatic rings. The van der Waals surface area contributed by atoms with Crippen molar-refractivity contribution in [2.45, 2.75) is 42.6 Å². The zero-order valence-electron chi connectivity index (χ0n) is 15.0. The van der Waals surface area contributed by atoms with Crippen LogP contribution in [0.15, 0.2) is 24.0 Å². The van der Waals surface area contributed by atoms with Crippen LogP contribution >= 0.6 is 0 Å². The lowest BCUT2D eigenvalue weighted by molar-refractivity contribution is -0.346. The Hall–Kier alpha value is -1.57. The monoisotopic (exact) mass is 404 g/mol. The van der Waals surface area contributed by atoms with Crippen LogP contribution in [0.2, 0.25) is 0 Å². The molecule has 1 saturated heterocycles. The molecule has 28 heavy (non-hydrogen) atoms. The molecule has 2 aliphatic heterocycles. The number of allylic oxidation sites excluding steroid dienone is 1. The maximum absolute atomic E-state index is 12.0. The second-order valence-corrected chi connectivity index (χ2v) is 6.96. The molecule has 1 fully saturated rings. The lowest BCUT2D eigenvalue weighted by Gasteiger charge is -2.44. The summed E-state index contributed by atoms with van der Waals surface area (Å²) in [5.74, 6) is -2.40. The first kappa shape index (κ1) is 21.1. The summed E-state index contributed by atoms with van der Waals surface area (Å²) in [7, 11) is 1.19. The Morgan fingerprint density at radius 3 is 2.50 bits per heavy atom. The molecule has 0 aromatic heterocycles. The Labute approximate surface area is 160 Å². The molecular formula is C17H24O11. The van der Waals surface area contributed by atoms with Crippen molar-refractivity contribution in [1.29, 1.82) is 0 Å². The molecule has 0 aromatic carbocycles. The zero-order valence-corrected chi connectivity index (χ0v) is 15.0. The summed E-state index contributed by atoms with van der Waals surface area (Å²) in [6, 6.07) is 0. The highest BCUT2D eigenvalue weighted by Crippen LogP contribution is 2.45. The summed E-state index contributed by atoms with van der Waals surface area (Å²) in [4.78, 5) is 12.0. The normalized spacial score (nSPS) is 45.2. The van der Waals surface area contributed by atoms with Gasteiger partial charge in [0, 0.05) is 5.92 Å². The van der Waals surface area contributed by atoms with Crippen LogP contribution in [-0.2, 0) is 23.7 Å². The van der Waals surface area contributed by atoms with Crippen molar-refractivity contribution >= 4 is 5.97 Å². The van der Waals surface area contributed by atoms with Gasteiger partial charge in [0.2, 0.25) is 6.29 Å². The van der Waals surface area contributed by atoms with Crippen molar-refractivity contribution in [3.63, 3.8) is 0 Å². The van der Waals surface area contributed by atoms with E-state index in [0.717, 1.165) is 6.26 Å². The minimum absolute atomic E-state index is 0.0989. The number of aliphatic hydroxyl groups is 6. The summed E-state index contributed by atoms with van der Waals surface area (Å²) in [6.45, 7) is -1.34. The van der Waals surface area contributed by atoms with Crippen molar-refractivity contribution in [3.8, 4) is 0 Å². The molecule has 0 unspecified atom stereocenters. The Bertz CT molecular complexity index is 647. The molecule has 0 bridgehead atoms. The van der Waals surface area contributed by atoms with Gasteiger partial charge in [0.15, 0.2) is 6.29 Å². The molecule has 0 saturated carbocycles. The summed E-state index contributed by atoms with van der Waals surface area (Å²) in [6.07, 6.45) is -4.99. The molecule has 2 heterocycles. The van der Waals surface area contributed by atoms with Crippen LogP contribution < -0.4 is 0 Å². The standard InChI is InChI=1S/C17H24O11/c1-25-14(23)8-5-26-15(10-7(8)2-3-17(10,24)6-19)28-16-13(22)12(21)11(20)9(4-18)27-16/h2-3,5,7,9-13,15-16,18-22,24H,4,6H2,1H3/t7-,9-,10-,11-,12+,13-,15-,16+,17+/m1/s1. The molecule has 158 valence electrons. The Morgan fingerprint density at radius 1 is 1.18 bits per heavy atom. The second-order valence-electron chi connectivity index (χ2n) is 6.96. The molecule has 6 N–H and O–H groups in total. The first-order chi connectivity index (χ1) is 13.3. The SMILES string of the molecule is COC(=O)C1=CO[C@H](O[C@@H]2O[C@H](CO)[C@@H](O)[C@H](O)[C@H]2O)[C@H]2[C@@H]1C=C[C@]2(O)CO. The molecule has 0 radical (unpaired) electrons. The van der Waals surface area contributed by atoms with E-state index in [9.17, 15) is 35.4 Å².